The van der Waals surface area contributed by atoms with E-state index in [9.17, 15) is 24.1 Å². The fourth-order valence-electron chi connectivity index (χ4n) is 2.81. The molecule has 0 aliphatic carbocycles. The van der Waals surface area contributed by atoms with Crippen molar-refractivity contribution in [3.63, 3.8) is 0 Å². The maximum atomic E-state index is 12.1. The molecule has 0 radical (unpaired) electrons. The number of phosphoric ester groups is 1. The Labute approximate surface area is 139 Å². The first-order valence-electron chi connectivity index (χ1n) is 6.90. The highest BCUT2D eigenvalue weighted by molar-refractivity contribution is 7.46. The van der Waals surface area contributed by atoms with Crippen LogP contribution in [0.4, 0.5) is 4.79 Å². The van der Waals surface area contributed by atoms with E-state index in [-0.39, 0.29) is 12.4 Å². The third-order valence-electron chi connectivity index (χ3n) is 3.84. The summed E-state index contributed by atoms with van der Waals surface area (Å²) >= 11 is 0. The quantitative estimate of drug-likeness (QED) is 0.159. The highest BCUT2D eigenvalue weighted by Crippen LogP contribution is 2.39. The molecule has 3 aliphatic rings. The Bertz CT molecular complexity index is 722. The van der Waals surface area contributed by atoms with Gasteiger partial charge in [-0.05, 0) is 0 Å². The first kappa shape index (κ1) is 17.7. The van der Waals surface area contributed by atoms with Gasteiger partial charge in [-0.25, -0.2) is 14.4 Å². The lowest BCUT2D eigenvalue weighted by molar-refractivity contribution is -0.145. The van der Waals surface area contributed by atoms with Crippen molar-refractivity contribution in [2.45, 2.75) is 30.5 Å². The van der Waals surface area contributed by atoms with Gasteiger partial charge in [0.05, 0.1) is 12.7 Å². The van der Waals surface area contributed by atoms with Crippen molar-refractivity contribution in [3.8, 4) is 0 Å². The molecule has 0 saturated carbocycles. The topological polar surface area (TPSA) is 213 Å². The van der Waals surface area contributed by atoms with E-state index in [0.29, 0.717) is 4.90 Å². The third kappa shape index (κ3) is 2.88. The second-order valence-corrected chi connectivity index (χ2v) is 6.71. The summed E-state index contributed by atoms with van der Waals surface area (Å²) in [5.74, 6) is -2.38. The van der Waals surface area contributed by atoms with Gasteiger partial charge in [0.15, 0.2) is 5.96 Å². The maximum absolute atomic E-state index is 12.1. The lowest BCUT2D eigenvalue weighted by Gasteiger charge is -2.30. The highest BCUT2D eigenvalue weighted by Gasteiger charge is 2.65. The van der Waals surface area contributed by atoms with Crippen LogP contribution >= 0.6 is 7.82 Å². The lowest BCUT2D eigenvalue weighted by Crippen LogP contribution is -2.58. The van der Waals surface area contributed by atoms with Crippen LogP contribution in [0.5, 0.6) is 0 Å². The monoisotopic (exact) mass is 379 g/mol. The zero-order valence-electron chi connectivity index (χ0n) is 12.4. The number of aliphatic hydroxyl groups excluding tert-OH is 1. The number of nitrogens with two attached hydrogens (primary N) is 1. The van der Waals surface area contributed by atoms with Crippen molar-refractivity contribution in [1.82, 2.24) is 15.5 Å². The van der Waals surface area contributed by atoms with Crippen molar-refractivity contribution < 1.29 is 43.1 Å². The molecule has 0 aromatic rings. The van der Waals surface area contributed by atoms with E-state index in [1.54, 1.807) is 0 Å². The number of carbonyl (C=O) groups excluding carboxylic acids is 3. The van der Waals surface area contributed by atoms with Gasteiger partial charge >= 0.3 is 19.5 Å². The van der Waals surface area contributed by atoms with E-state index in [4.69, 9.17) is 20.3 Å². The number of imide groups is 1. The van der Waals surface area contributed by atoms with Crippen molar-refractivity contribution in [3.05, 3.63) is 0 Å². The van der Waals surface area contributed by atoms with E-state index >= 15 is 0 Å². The Morgan fingerprint density at radius 2 is 2.00 bits per heavy atom. The number of hydrogen-bond donors (Lipinski definition) is 6. The molecule has 4 amide bonds. The average molecular weight is 379 g/mol. The number of aliphatic imine (C=N–C) groups is 1. The summed E-state index contributed by atoms with van der Waals surface area (Å²) in [7, 11) is -4.80. The molecular formula is C10H14N5O9P. The number of rotatable bonds is 4. The van der Waals surface area contributed by atoms with Crippen LogP contribution in [0.25, 0.3) is 0 Å². The van der Waals surface area contributed by atoms with Gasteiger partial charge in [0.2, 0.25) is 0 Å². The second-order valence-electron chi connectivity index (χ2n) is 5.47. The molecule has 15 heteroatoms. The minimum atomic E-state index is -4.80. The number of ether oxygens (including phenoxy) is 1. The van der Waals surface area contributed by atoms with Crippen LogP contribution < -0.4 is 16.4 Å². The normalized spacial score (nSPS) is 35.3. The van der Waals surface area contributed by atoms with Crippen LogP contribution in [0.2, 0.25) is 0 Å². The zero-order valence-corrected chi connectivity index (χ0v) is 13.3. The number of aliphatic hydroxyl groups is 1. The van der Waals surface area contributed by atoms with Gasteiger partial charge in [-0.3, -0.25) is 29.6 Å². The number of urea groups is 1. The Morgan fingerprint density at radius 1 is 1.36 bits per heavy atom. The van der Waals surface area contributed by atoms with Gasteiger partial charge in [0.1, 0.15) is 12.3 Å². The SMILES string of the molecule is NC1=N[C@]2(C(=O)NC(=O)N2[C@H]2C[C@H](O)[C@@H](COP(=O)(O)O)O2)C(=O)N1. The van der Waals surface area contributed by atoms with Gasteiger partial charge in [-0.2, -0.15) is 0 Å². The Balaban J connectivity index is 1.83. The van der Waals surface area contributed by atoms with Crippen LogP contribution in [-0.4, -0.2) is 74.3 Å². The summed E-state index contributed by atoms with van der Waals surface area (Å²) in [6.45, 7) is -0.671. The Kier molecular flexibility index (Phi) is 4.06. The van der Waals surface area contributed by atoms with Crippen molar-refractivity contribution in [2.24, 2.45) is 10.7 Å². The summed E-state index contributed by atoms with van der Waals surface area (Å²) in [6.07, 6.45) is -4.01. The first-order valence-corrected chi connectivity index (χ1v) is 8.43. The Hall–Kier alpha value is -2.09. The molecule has 138 valence electrons. The first-order chi connectivity index (χ1) is 11.5. The lowest BCUT2D eigenvalue weighted by atomic mass is 10.1. The Morgan fingerprint density at radius 3 is 2.56 bits per heavy atom. The zero-order chi connectivity index (χ0) is 18.6. The van der Waals surface area contributed by atoms with Gasteiger partial charge in [0, 0.05) is 6.42 Å². The molecule has 3 aliphatic heterocycles. The van der Waals surface area contributed by atoms with E-state index in [1.807, 2.05) is 5.32 Å². The number of carbonyl (C=O) groups is 3. The molecule has 2 saturated heterocycles. The summed E-state index contributed by atoms with van der Waals surface area (Å²) in [6, 6.07) is -0.993. The van der Waals surface area contributed by atoms with Crippen LogP contribution in [0.1, 0.15) is 6.42 Å². The van der Waals surface area contributed by atoms with E-state index in [1.165, 1.54) is 0 Å². The smallest absolute Gasteiger partial charge is 0.390 e. The van der Waals surface area contributed by atoms with Gasteiger partial charge in [-0.15, -0.1) is 0 Å². The minimum absolute atomic E-state index is 0.250. The minimum Gasteiger partial charge on any atom is -0.390 e. The maximum Gasteiger partial charge on any atom is 0.469 e. The molecule has 3 heterocycles. The second kappa shape index (κ2) is 5.72. The van der Waals surface area contributed by atoms with Crippen molar-refractivity contribution in [1.29, 1.82) is 0 Å². The molecular weight excluding hydrogens is 365 g/mol. The van der Waals surface area contributed by atoms with Crippen LogP contribution in [0.3, 0.4) is 0 Å². The molecule has 25 heavy (non-hydrogen) atoms. The van der Waals surface area contributed by atoms with E-state index in [2.05, 4.69) is 14.8 Å². The number of nitrogens with zero attached hydrogens (tertiary/aromatic N) is 2. The fraction of sp³-hybridized carbons (Fsp3) is 0.600. The molecule has 14 nitrogen and oxygen atoms in total. The molecule has 4 atom stereocenters. The third-order valence-corrected chi connectivity index (χ3v) is 4.33. The van der Waals surface area contributed by atoms with E-state index < -0.39 is 56.4 Å². The largest absolute Gasteiger partial charge is 0.469 e. The van der Waals surface area contributed by atoms with Crippen molar-refractivity contribution in [2.75, 3.05) is 6.61 Å². The van der Waals surface area contributed by atoms with E-state index in [0.717, 1.165) is 0 Å². The summed E-state index contributed by atoms with van der Waals surface area (Å²) in [5, 5.41) is 14.0. The molecule has 3 rings (SSSR count). The number of nitrogens with one attached hydrogen (secondary N) is 2. The average Bonchev–Trinajstić information content (AvgIpc) is 3.04. The van der Waals surface area contributed by atoms with Crippen LogP contribution in [-0.2, 0) is 23.4 Å². The number of guanidine groups is 1. The summed E-state index contributed by atoms with van der Waals surface area (Å²) in [4.78, 5) is 58.1. The molecule has 0 aromatic carbocycles. The van der Waals surface area contributed by atoms with Crippen LogP contribution in [0.15, 0.2) is 4.99 Å². The number of amides is 4. The molecule has 2 fully saturated rings. The molecule has 7 N–H and O–H groups in total. The highest BCUT2D eigenvalue weighted by atomic mass is 31.2. The van der Waals surface area contributed by atoms with Gasteiger partial charge in [-0.1, -0.05) is 0 Å². The molecule has 1 spiro atoms. The standard InChI is InChI=1S/C10H14N5O9P/c11-8-12-6(17)10(14-8)7(18)13-9(19)15(10)5-1-3(16)4(24-5)2-23-25(20,21)22/h3-5,16H,1-2H2,(H,13,18,19)(H2,20,21,22)(H3,11,12,14,17)/t3-,4+,5+,10+/m0/s1. The molecule has 0 unspecified atom stereocenters. The predicted octanol–water partition coefficient (Wildman–Crippen LogP) is -3.74. The molecule has 0 bridgehead atoms. The van der Waals surface area contributed by atoms with Gasteiger partial charge in [0.25, 0.3) is 11.8 Å². The summed E-state index contributed by atoms with van der Waals surface area (Å²) < 4.78 is 20.4. The summed E-state index contributed by atoms with van der Waals surface area (Å²) in [5.41, 5.74) is 3.10. The number of phosphoric acid groups is 1. The van der Waals surface area contributed by atoms with Crippen LogP contribution in [0, 0.1) is 0 Å². The molecule has 0 aromatic heterocycles. The predicted molar refractivity (Wildman–Crippen MR) is 75.2 cm³/mol. The fourth-order valence-corrected chi connectivity index (χ4v) is 3.15. The number of hydrogen-bond acceptors (Lipinski definition) is 9. The van der Waals surface area contributed by atoms with Gasteiger partial charge < -0.3 is 25.4 Å². The van der Waals surface area contributed by atoms with Crippen molar-refractivity contribution >= 4 is 31.6 Å².